The average molecular weight is 417 g/mol. The summed E-state index contributed by atoms with van der Waals surface area (Å²) in [5.74, 6) is 1.19. The molecule has 0 unspecified atom stereocenters. The normalized spacial score (nSPS) is 10.8. The zero-order chi connectivity index (χ0) is 20.9. The van der Waals surface area contributed by atoms with Crippen LogP contribution in [0.4, 0.5) is 0 Å². The molecule has 0 saturated carbocycles. The predicted molar refractivity (Wildman–Crippen MR) is 117 cm³/mol. The molecule has 0 radical (unpaired) electrons. The minimum absolute atomic E-state index is 0.0967. The molecule has 30 heavy (non-hydrogen) atoms. The molecule has 0 amide bonds. The monoisotopic (exact) mass is 417 g/mol. The second kappa shape index (κ2) is 8.92. The Labute approximate surface area is 177 Å². The molecule has 0 aliphatic rings. The van der Waals surface area contributed by atoms with E-state index in [1.807, 2.05) is 30.3 Å². The number of carbonyl (C=O) groups is 1. The van der Waals surface area contributed by atoms with Crippen molar-refractivity contribution < 1.29 is 9.53 Å². The van der Waals surface area contributed by atoms with Gasteiger partial charge in [-0.25, -0.2) is 4.98 Å². The van der Waals surface area contributed by atoms with Crippen LogP contribution in [0.5, 0.6) is 5.75 Å². The molecule has 150 valence electrons. The fourth-order valence-electron chi connectivity index (χ4n) is 3.20. The van der Waals surface area contributed by atoms with Crippen molar-refractivity contribution in [3.8, 4) is 5.75 Å². The van der Waals surface area contributed by atoms with Crippen LogP contribution >= 0.6 is 11.8 Å². The van der Waals surface area contributed by atoms with E-state index in [-0.39, 0.29) is 5.56 Å². The van der Waals surface area contributed by atoms with Crippen molar-refractivity contribution in [3.05, 3.63) is 94.0 Å². The number of aromatic nitrogens is 3. The van der Waals surface area contributed by atoms with Crippen molar-refractivity contribution in [2.75, 3.05) is 7.11 Å². The molecule has 0 N–H and O–H groups in total. The highest BCUT2D eigenvalue weighted by atomic mass is 32.2. The molecule has 2 aromatic heterocycles. The Hall–Kier alpha value is -3.45. The van der Waals surface area contributed by atoms with Crippen molar-refractivity contribution in [2.45, 2.75) is 17.5 Å². The Morgan fingerprint density at radius 1 is 1.13 bits per heavy atom. The third kappa shape index (κ3) is 4.11. The molecule has 0 saturated heterocycles. The van der Waals surface area contributed by atoms with E-state index in [0.29, 0.717) is 39.7 Å². The second-order valence-electron chi connectivity index (χ2n) is 6.64. The quantitative estimate of drug-likeness (QED) is 0.257. The molecule has 0 bridgehead atoms. The first-order chi connectivity index (χ1) is 14.7. The zero-order valence-corrected chi connectivity index (χ0v) is 17.1. The number of pyridine rings is 1. The molecule has 4 aromatic rings. The van der Waals surface area contributed by atoms with Gasteiger partial charge in [-0.15, -0.1) is 0 Å². The molecule has 4 rings (SSSR count). The van der Waals surface area contributed by atoms with Crippen molar-refractivity contribution in [1.29, 1.82) is 0 Å². The maximum atomic E-state index is 13.2. The van der Waals surface area contributed by atoms with Gasteiger partial charge in [0.05, 0.1) is 24.6 Å². The minimum atomic E-state index is -0.0967. The Bertz CT molecular complexity index is 1260. The molecule has 0 fully saturated rings. The van der Waals surface area contributed by atoms with E-state index in [0.717, 1.165) is 17.4 Å². The number of aldehydes is 1. The van der Waals surface area contributed by atoms with E-state index >= 15 is 0 Å². The van der Waals surface area contributed by atoms with Crippen LogP contribution in [0.25, 0.3) is 10.9 Å². The summed E-state index contributed by atoms with van der Waals surface area (Å²) in [6.45, 7) is 0.373. The largest absolute Gasteiger partial charge is 0.496 e. The van der Waals surface area contributed by atoms with Crippen molar-refractivity contribution in [3.63, 3.8) is 0 Å². The Kier molecular flexibility index (Phi) is 5.90. The highest BCUT2D eigenvalue weighted by Crippen LogP contribution is 2.28. The van der Waals surface area contributed by atoms with Gasteiger partial charge < -0.3 is 4.74 Å². The van der Waals surface area contributed by atoms with Crippen molar-refractivity contribution in [1.82, 2.24) is 14.5 Å². The first kappa shape index (κ1) is 19.8. The number of hydrogen-bond donors (Lipinski definition) is 0. The third-order valence-electron chi connectivity index (χ3n) is 4.69. The summed E-state index contributed by atoms with van der Waals surface area (Å²) in [5, 5.41) is 1.17. The number of methoxy groups -OCH3 is 1. The first-order valence-corrected chi connectivity index (χ1v) is 10.3. The molecule has 6 nitrogen and oxygen atoms in total. The standard InChI is InChI=1S/C23H19N3O3S/c1-29-21-9-8-16(14-27)11-18(21)15-30-23-25-20-7-3-2-6-19(20)22(28)26(23)13-17-5-4-10-24-12-17/h2-12,14H,13,15H2,1H3. The summed E-state index contributed by atoms with van der Waals surface area (Å²) < 4.78 is 7.09. The lowest BCUT2D eigenvalue weighted by atomic mass is 10.1. The highest BCUT2D eigenvalue weighted by Gasteiger charge is 2.14. The summed E-state index contributed by atoms with van der Waals surface area (Å²) in [7, 11) is 1.59. The van der Waals surface area contributed by atoms with Crippen LogP contribution in [-0.2, 0) is 12.3 Å². The summed E-state index contributed by atoms with van der Waals surface area (Å²) >= 11 is 1.43. The first-order valence-electron chi connectivity index (χ1n) is 9.33. The maximum absolute atomic E-state index is 13.2. The number of carbonyl (C=O) groups excluding carboxylic acids is 1. The van der Waals surface area contributed by atoms with Crippen LogP contribution in [0.15, 0.2) is 76.9 Å². The van der Waals surface area contributed by atoms with Gasteiger partial charge in [-0.3, -0.25) is 19.1 Å². The lowest BCUT2D eigenvalue weighted by Crippen LogP contribution is -2.24. The number of rotatable bonds is 7. The van der Waals surface area contributed by atoms with Crippen LogP contribution in [0, 0.1) is 0 Å². The van der Waals surface area contributed by atoms with Crippen LogP contribution in [0.1, 0.15) is 21.5 Å². The van der Waals surface area contributed by atoms with Gasteiger partial charge in [-0.2, -0.15) is 0 Å². The molecule has 0 spiro atoms. The summed E-state index contributed by atoms with van der Waals surface area (Å²) in [6.07, 6.45) is 4.25. The number of hydrogen-bond acceptors (Lipinski definition) is 6. The number of thioether (sulfide) groups is 1. The van der Waals surface area contributed by atoms with E-state index in [4.69, 9.17) is 9.72 Å². The van der Waals surface area contributed by atoms with Crippen LogP contribution < -0.4 is 10.3 Å². The van der Waals surface area contributed by atoms with Crippen molar-refractivity contribution in [2.24, 2.45) is 0 Å². The van der Waals surface area contributed by atoms with Gasteiger partial charge in [-0.05, 0) is 42.0 Å². The van der Waals surface area contributed by atoms with Gasteiger partial charge in [0.1, 0.15) is 12.0 Å². The zero-order valence-electron chi connectivity index (χ0n) is 16.3. The molecular weight excluding hydrogens is 398 g/mol. The topological polar surface area (TPSA) is 74.1 Å². The van der Waals surface area contributed by atoms with Gasteiger partial charge in [0, 0.05) is 29.3 Å². The fourth-order valence-corrected chi connectivity index (χ4v) is 4.17. The minimum Gasteiger partial charge on any atom is -0.496 e. The molecule has 0 aliphatic heterocycles. The average Bonchev–Trinajstić information content (AvgIpc) is 2.80. The summed E-state index contributed by atoms with van der Waals surface area (Å²) in [5.41, 5.74) is 2.91. The molecule has 0 aliphatic carbocycles. The summed E-state index contributed by atoms with van der Waals surface area (Å²) in [4.78, 5) is 33.3. The van der Waals surface area contributed by atoms with E-state index in [1.165, 1.54) is 11.8 Å². The number of nitrogens with zero attached hydrogens (tertiary/aromatic N) is 3. The van der Waals surface area contributed by atoms with Gasteiger partial charge in [-0.1, -0.05) is 30.0 Å². The molecule has 7 heteroatoms. The Morgan fingerprint density at radius 2 is 2.00 bits per heavy atom. The SMILES string of the molecule is COc1ccc(C=O)cc1CSc1nc2ccccc2c(=O)n1Cc1cccnc1. The van der Waals surface area contributed by atoms with Crippen molar-refractivity contribution >= 4 is 29.0 Å². The van der Waals surface area contributed by atoms with Gasteiger partial charge >= 0.3 is 0 Å². The van der Waals surface area contributed by atoms with Gasteiger partial charge in [0.25, 0.3) is 5.56 Å². The summed E-state index contributed by atoms with van der Waals surface area (Å²) in [6, 6.07) is 16.4. The van der Waals surface area contributed by atoms with Gasteiger partial charge in [0.2, 0.25) is 0 Å². The maximum Gasteiger partial charge on any atom is 0.262 e. The molecular formula is C23H19N3O3S. The number of fused-ring (bicyclic) bond motifs is 1. The molecule has 2 heterocycles. The second-order valence-corrected chi connectivity index (χ2v) is 7.58. The van der Waals surface area contributed by atoms with E-state index in [9.17, 15) is 9.59 Å². The molecule has 0 atom stereocenters. The van der Waals surface area contributed by atoms with Crippen LogP contribution in [0.2, 0.25) is 0 Å². The van der Waals surface area contributed by atoms with E-state index < -0.39 is 0 Å². The highest BCUT2D eigenvalue weighted by molar-refractivity contribution is 7.98. The lowest BCUT2D eigenvalue weighted by molar-refractivity contribution is 0.112. The number of benzene rings is 2. The number of ether oxygens (including phenoxy) is 1. The van der Waals surface area contributed by atoms with Crippen LogP contribution in [-0.4, -0.2) is 27.9 Å². The fraction of sp³-hybridized carbons (Fsp3) is 0.130. The number of para-hydroxylation sites is 1. The van der Waals surface area contributed by atoms with E-state index in [2.05, 4.69) is 4.98 Å². The Balaban J connectivity index is 1.75. The van der Waals surface area contributed by atoms with Crippen LogP contribution in [0.3, 0.4) is 0 Å². The smallest absolute Gasteiger partial charge is 0.262 e. The Morgan fingerprint density at radius 3 is 2.77 bits per heavy atom. The van der Waals surface area contributed by atoms with E-state index in [1.54, 1.807) is 48.3 Å². The lowest BCUT2D eigenvalue weighted by Gasteiger charge is -2.14. The molecule has 2 aromatic carbocycles. The predicted octanol–water partition coefficient (Wildman–Crippen LogP) is 3.95. The van der Waals surface area contributed by atoms with Gasteiger partial charge in [0.15, 0.2) is 5.16 Å². The third-order valence-corrected chi connectivity index (χ3v) is 5.71.